The van der Waals surface area contributed by atoms with E-state index in [2.05, 4.69) is 16.6 Å². The zero-order valence-electron chi connectivity index (χ0n) is 11.8. The van der Waals surface area contributed by atoms with E-state index in [-0.39, 0.29) is 11.9 Å². The van der Waals surface area contributed by atoms with Gasteiger partial charge in [-0.3, -0.25) is 4.79 Å². The summed E-state index contributed by atoms with van der Waals surface area (Å²) in [6.45, 7) is 3.73. The van der Waals surface area contributed by atoms with Gasteiger partial charge in [-0.05, 0) is 44.4 Å². The monoisotopic (exact) mass is 290 g/mol. The summed E-state index contributed by atoms with van der Waals surface area (Å²) >= 11 is 0. The molecule has 0 unspecified atom stereocenters. The van der Waals surface area contributed by atoms with Crippen LogP contribution in [0.5, 0.6) is 0 Å². The highest BCUT2D eigenvalue weighted by molar-refractivity contribution is 7.70. The fraction of sp³-hybridized carbons (Fsp3) is 0.400. The van der Waals surface area contributed by atoms with E-state index in [1.54, 1.807) is 31.5 Å². The molecule has 1 saturated carbocycles. The minimum atomic E-state index is -2.40. The summed E-state index contributed by atoms with van der Waals surface area (Å²) in [7, 11) is -2.40. The molecule has 2 N–H and O–H groups in total. The van der Waals surface area contributed by atoms with Gasteiger partial charge in [0.05, 0.1) is 12.1 Å². The van der Waals surface area contributed by atoms with Gasteiger partial charge in [-0.25, -0.2) is 0 Å². The summed E-state index contributed by atoms with van der Waals surface area (Å²) in [5.74, 6) is 2.35. The minimum Gasteiger partial charge on any atom is -0.373 e. The second-order valence-corrected chi connectivity index (χ2v) is 8.60. The fourth-order valence-corrected chi connectivity index (χ4v) is 2.72. The van der Waals surface area contributed by atoms with E-state index in [0.717, 1.165) is 12.8 Å². The first-order valence-electron chi connectivity index (χ1n) is 6.59. The first-order valence-corrected chi connectivity index (χ1v) is 9.19. The van der Waals surface area contributed by atoms with E-state index < -0.39 is 7.14 Å². The fourth-order valence-electron chi connectivity index (χ4n) is 1.85. The highest BCUT2D eigenvalue weighted by atomic mass is 31.2. The summed E-state index contributed by atoms with van der Waals surface area (Å²) in [4.78, 5) is 12.3. The molecule has 20 heavy (non-hydrogen) atoms. The molecule has 1 amide bonds. The average Bonchev–Trinajstić information content (AvgIpc) is 3.18. The van der Waals surface area contributed by atoms with E-state index in [9.17, 15) is 9.36 Å². The molecule has 1 aromatic rings. The molecule has 1 aliphatic carbocycles. The second-order valence-electron chi connectivity index (χ2n) is 5.39. The molecule has 0 aromatic heterocycles. The highest BCUT2D eigenvalue weighted by Gasteiger charge is 2.25. The molecule has 1 aliphatic rings. The van der Waals surface area contributed by atoms with Crippen LogP contribution in [0, 0.1) is 12.3 Å². The zero-order chi connectivity index (χ0) is 14.8. The molecule has 5 heteroatoms. The topological polar surface area (TPSA) is 58.2 Å². The maximum absolute atomic E-state index is 12.3. The van der Waals surface area contributed by atoms with Crippen molar-refractivity contribution in [2.75, 3.05) is 25.2 Å². The smallest absolute Gasteiger partial charge is 0.253 e. The molecule has 1 fully saturated rings. The van der Waals surface area contributed by atoms with Crippen molar-refractivity contribution in [3.63, 3.8) is 0 Å². The zero-order valence-corrected chi connectivity index (χ0v) is 12.7. The van der Waals surface area contributed by atoms with Gasteiger partial charge in [0.25, 0.3) is 5.91 Å². The van der Waals surface area contributed by atoms with Crippen LogP contribution in [0.15, 0.2) is 18.2 Å². The molecular weight excluding hydrogens is 271 g/mol. The van der Waals surface area contributed by atoms with E-state index in [1.165, 1.54) is 0 Å². The van der Waals surface area contributed by atoms with E-state index in [1.807, 2.05) is 0 Å². The van der Waals surface area contributed by atoms with Gasteiger partial charge in [-0.2, -0.15) is 0 Å². The second kappa shape index (κ2) is 5.73. The number of hydrogen-bond donors (Lipinski definition) is 2. The molecule has 1 aromatic carbocycles. The van der Waals surface area contributed by atoms with E-state index in [4.69, 9.17) is 6.42 Å². The van der Waals surface area contributed by atoms with Crippen LogP contribution < -0.4 is 15.9 Å². The van der Waals surface area contributed by atoms with Gasteiger partial charge in [-0.15, -0.1) is 6.42 Å². The van der Waals surface area contributed by atoms with Crippen molar-refractivity contribution in [1.29, 1.82) is 0 Å². The molecule has 4 nitrogen and oxygen atoms in total. The summed E-state index contributed by atoms with van der Waals surface area (Å²) in [6, 6.07) is 5.54. The Bertz CT molecular complexity index is 609. The Morgan fingerprint density at radius 2 is 2.15 bits per heavy atom. The Kier molecular flexibility index (Phi) is 4.20. The normalized spacial score (nSPS) is 14.4. The Morgan fingerprint density at radius 3 is 2.70 bits per heavy atom. The number of anilines is 1. The lowest BCUT2D eigenvalue weighted by atomic mass is 10.1. The lowest BCUT2D eigenvalue weighted by Crippen LogP contribution is -2.27. The number of carbonyl (C=O) groups is 1. The Balaban J connectivity index is 2.33. The van der Waals surface area contributed by atoms with Crippen LogP contribution in [0.2, 0.25) is 0 Å². The van der Waals surface area contributed by atoms with Gasteiger partial charge in [0.2, 0.25) is 0 Å². The molecular formula is C15H19N2O2P. The van der Waals surface area contributed by atoms with Crippen LogP contribution in [-0.4, -0.2) is 31.8 Å². The minimum absolute atomic E-state index is 0.137. The molecule has 0 saturated heterocycles. The molecule has 2 rings (SSSR count). The van der Waals surface area contributed by atoms with Gasteiger partial charge in [0.15, 0.2) is 0 Å². The summed E-state index contributed by atoms with van der Waals surface area (Å²) in [5, 5.41) is 6.67. The molecule has 0 spiro atoms. The van der Waals surface area contributed by atoms with Crippen LogP contribution in [0.25, 0.3) is 0 Å². The maximum atomic E-state index is 12.3. The van der Waals surface area contributed by atoms with Crippen LogP contribution in [0.4, 0.5) is 5.69 Å². The third kappa shape index (κ3) is 3.65. The summed E-state index contributed by atoms with van der Waals surface area (Å²) in [5.41, 5.74) is 1.19. The van der Waals surface area contributed by atoms with Crippen LogP contribution >= 0.6 is 7.14 Å². The number of rotatable bonds is 5. The van der Waals surface area contributed by atoms with Gasteiger partial charge >= 0.3 is 0 Å². The number of hydrogen-bond acceptors (Lipinski definition) is 3. The van der Waals surface area contributed by atoms with Gasteiger partial charge in [0.1, 0.15) is 7.14 Å². The summed E-state index contributed by atoms with van der Waals surface area (Å²) < 4.78 is 12.2. The number of carbonyl (C=O) groups excluding carboxylic acids is 1. The molecule has 0 aliphatic heterocycles. The van der Waals surface area contributed by atoms with E-state index >= 15 is 0 Å². The molecule has 0 radical (unpaired) electrons. The van der Waals surface area contributed by atoms with Crippen molar-refractivity contribution in [3.05, 3.63) is 23.8 Å². The first-order chi connectivity index (χ1) is 9.41. The van der Waals surface area contributed by atoms with E-state index in [0.29, 0.717) is 23.1 Å². The number of benzene rings is 1. The van der Waals surface area contributed by atoms with Crippen molar-refractivity contribution in [3.8, 4) is 12.3 Å². The lowest BCUT2D eigenvalue weighted by Gasteiger charge is -2.14. The Hall–Kier alpha value is -1.72. The third-order valence-corrected chi connectivity index (χ3v) is 4.68. The quantitative estimate of drug-likeness (QED) is 0.643. The highest BCUT2D eigenvalue weighted by Crippen LogP contribution is 2.35. The third-order valence-electron chi connectivity index (χ3n) is 3.16. The number of nitrogens with one attached hydrogen (secondary N) is 2. The SMILES string of the molecule is C#CCNc1ccc(P(C)(C)=O)cc1C(=O)NC1CC1. The Morgan fingerprint density at radius 1 is 1.45 bits per heavy atom. The largest absolute Gasteiger partial charge is 0.373 e. The maximum Gasteiger partial charge on any atom is 0.253 e. The molecule has 0 heterocycles. The van der Waals surface area contributed by atoms with Crippen molar-refractivity contribution >= 4 is 24.0 Å². The standard InChI is InChI=1S/C15H19N2O2P/c1-4-9-16-14-8-7-12(20(2,3)19)10-13(14)15(18)17-11-5-6-11/h1,7-8,10-11,16H,5-6,9H2,2-3H3,(H,17,18). The first kappa shape index (κ1) is 14.7. The van der Waals surface area contributed by atoms with Crippen LogP contribution in [0.1, 0.15) is 23.2 Å². The van der Waals surface area contributed by atoms with Crippen molar-refractivity contribution in [2.24, 2.45) is 0 Å². The van der Waals surface area contributed by atoms with Gasteiger partial charge < -0.3 is 15.2 Å². The lowest BCUT2D eigenvalue weighted by molar-refractivity contribution is 0.0952. The van der Waals surface area contributed by atoms with Crippen LogP contribution in [-0.2, 0) is 4.57 Å². The molecule has 0 atom stereocenters. The summed E-state index contributed by atoms with van der Waals surface area (Å²) in [6.07, 6.45) is 7.29. The van der Waals surface area contributed by atoms with Crippen molar-refractivity contribution in [1.82, 2.24) is 5.32 Å². The molecule has 106 valence electrons. The van der Waals surface area contributed by atoms with Gasteiger partial charge in [0, 0.05) is 17.0 Å². The van der Waals surface area contributed by atoms with Crippen molar-refractivity contribution < 1.29 is 9.36 Å². The Labute approximate surface area is 119 Å². The van der Waals surface area contributed by atoms with Gasteiger partial charge in [-0.1, -0.05) is 5.92 Å². The molecule has 0 bridgehead atoms. The van der Waals surface area contributed by atoms with Crippen LogP contribution in [0.3, 0.4) is 0 Å². The number of amides is 1. The van der Waals surface area contributed by atoms with Crippen molar-refractivity contribution in [2.45, 2.75) is 18.9 Å². The predicted molar refractivity (Wildman–Crippen MR) is 83.3 cm³/mol. The average molecular weight is 290 g/mol. The predicted octanol–water partition coefficient (Wildman–Crippen LogP) is 1.87. The number of terminal acetylenes is 1.